The molecule has 0 spiro atoms. The Bertz CT molecular complexity index is 430. The van der Waals surface area contributed by atoms with Crippen molar-refractivity contribution in [3.63, 3.8) is 0 Å². The molecule has 128 valence electrons. The van der Waals surface area contributed by atoms with Crippen molar-refractivity contribution < 1.29 is 14.0 Å². The largest absolute Gasteiger partial charge is 0.414 e. The SMILES string of the molecule is CC(C)(C)[Si](C)(C)OC[C@@H]1C=C[C@@H](NC(=O)C(Cl)(Cl)Cl)CO1. The molecule has 4 nitrogen and oxygen atoms in total. The molecule has 0 unspecified atom stereocenters. The molecule has 1 heterocycles. The zero-order valence-electron chi connectivity index (χ0n) is 13.6. The van der Waals surface area contributed by atoms with Crippen molar-refractivity contribution in [2.24, 2.45) is 0 Å². The fourth-order valence-corrected chi connectivity index (χ4v) is 2.72. The topological polar surface area (TPSA) is 47.6 Å². The van der Waals surface area contributed by atoms with Gasteiger partial charge in [0.15, 0.2) is 8.32 Å². The van der Waals surface area contributed by atoms with Crippen molar-refractivity contribution in [1.82, 2.24) is 5.32 Å². The van der Waals surface area contributed by atoms with Gasteiger partial charge in [-0.3, -0.25) is 4.79 Å². The second-order valence-electron chi connectivity index (χ2n) is 6.91. The van der Waals surface area contributed by atoms with E-state index in [1.54, 1.807) is 0 Å². The number of carbonyl (C=O) groups excluding carboxylic acids is 1. The minimum Gasteiger partial charge on any atom is -0.414 e. The summed E-state index contributed by atoms with van der Waals surface area (Å²) < 4.78 is 9.83. The van der Waals surface area contributed by atoms with Crippen molar-refractivity contribution in [1.29, 1.82) is 0 Å². The molecular formula is C14H24Cl3NO3Si. The molecule has 0 bridgehead atoms. The summed E-state index contributed by atoms with van der Waals surface area (Å²) in [5, 5.41) is 2.76. The van der Waals surface area contributed by atoms with Gasteiger partial charge in [0, 0.05) is 0 Å². The van der Waals surface area contributed by atoms with E-state index in [0.29, 0.717) is 13.2 Å². The van der Waals surface area contributed by atoms with Crippen LogP contribution in [0, 0.1) is 0 Å². The lowest BCUT2D eigenvalue weighted by Crippen LogP contribution is -2.46. The molecule has 1 rings (SSSR count). The van der Waals surface area contributed by atoms with Gasteiger partial charge in [-0.05, 0) is 18.1 Å². The summed E-state index contributed by atoms with van der Waals surface area (Å²) in [4.78, 5) is 11.6. The predicted molar refractivity (Wildman–Crippen MR) is 94.2 cm³/mol. The lowest BCUT2D eigenvalue weighted by molar-refractivity contribution is -0.121. The van der Waals surface area contributed by atoms with E-state index in [1.807, 2.05) is 12.2 Å². The first-order valence-electron chi connectivity index (χ1n) is 7.14. The number of hydrogen-bond acceptors (Lipinski definition) is 3. The highest BCUT2D eigenvalue weighted by Crippen LogP contribution is 2.36. The van der Waals surface area contributed by atoms with E-state index in [1.165, 1.54) is 0 Å². The maximum absolute atomic E-state index is 11.6. The van der Waals surface area contributed by atoms with E-state index in [-0.39, 0.29) is 17.2 Å². The quantitative estimate of drug-likeness (QED) is 0.452. The third-order valence-corrected chi connectivity index (χ3v) is 9.05. The summed E-state index contributed by atoms with van der Waals surface area (Å²) in [5.41, 5.74) is 0. The molecule has 0 saturated heterocycles. The van der Waals surface area contributed by atoms with Gasteiger partial charge in [0.25, 0.3) is 9.70 Å². The molecule has 0 aromatic rings. The van der Waals surface area contributed by atoms with Gasteiger partial charge in [0.2, 0.25) is 0 Å². The minimum atomic E-state index is -1.96. The molecule has 0 fully saturated rings. The van der Waals surface area contributed by atoms with Crippen LogP contribution in [0.1, 0.15) is 20.8 Å². The van der Waals surface area contributed by atoms with Crippen LogP contribution in [-0.4, -0.2) is 43.4 Å². The van der Waals surface area contributed by atoms with Crippen LogP contribution in [0.4, 0.5) is 0 Å². The Kier molecular flexibility index (Phi) is 6.82. The van der Waals surface area contributed by atoms with E-state index >= 15 is 0 Å². The first-order chi connectivity index (χ1) is 9.83. The van der Waals surface area contributed by atoms with E-state index in [9.17, 15) is 4.79 Å². The number of carbonyl (C=O) groups is 1. The van der Waals surface area contributed by atoms with E-state index in [2.05, 4.69) is 39.2 Å². The Balaban J connectivity index is 2.47. The highest BCUT2D eigenvalue weighted by molar-refractivity contribution is 6.76. The van der Waals surface area contributed by atoms with Gasteiger partial charge in [-0.25, -0.2) is 0 Å². The van der Waals surface area contributed by atoms with Gasteiger partial charge in [-0.15, -0.1) is 0 Å². The van der Waals surface area contributed by atoms with Crippen LogP contribution in [-0.2, 0) is 14.0 Å². The van der Waals surface area contributed by atoms with E-state index in [4.69, 9.17) is 44.0 Å². The molecule has 0 aromatic heterocycles. The van der Waals surface area contributed by atoms with Crippen molar-refractivity contribution in [3.8, 4) is 0 Å². The highest BCUT2D eigenvalue weighted by atomic mass is 35.6. The van der Waals surface area contributed by atoms with Gasteiger partial charge < -0.3 is 14.5 Å². The number of halogens is 3. The van der Waals surface area contributed by atoms with Crippen molar-refractivity contribution in [2.45, 2.75) is 54.8 Å². The summed E-state index contributed by atoms with van der Waals surface area (Å²) >= 11 is 16.5. The first kappa shape index (κ1) is 20.3. The Hall–Kier alpha value is 0.217. The second kappa shape index (κ2) is 7.41. The monoisotopic (exact) mass is 387 g/mol. The third-order valence-electron chi connectivity index (χ3n) is 4.04. The molecule has 8 heteroatoms. The molecule has 1 amide bonds. The predicted octanol–water partition coefficient (Wildman–Crippen LogP) is 3.82. The van der Waals surface area contributed by atoms with Gasteiger partial charge in [0.1, 0.15) is 0 Å². The van der Waals surface area contributed by atoms with Crippen LogP contribution >= 0.6 is 34.8 Å². The summed E-state index contributed by atoms with van der Waals surface area (Å²) in [5.74, 6) is -0.660. The van der Waals surface area contributed by atoms with Crippen LogP contribution in [0.15, 0.2) is 12.2 Å². The number of nitrogens with one attached hydrogen (secondary N) is 1. The van der Waals surface area contributed by atoms with Crippen LogP contribution in [0.5, 0.6) is 0 Å². The maximum Gasteiger partial charge on any atom is 0.272 e. The van der Waals surface area contributed by atoms with Crippen LogP contribution in [0.2, 0.25) is 18.1 Å². The smallest absolute Gasteiger partial charge is 0.272 e. The Morgan fingerprint density at radius 2 is 1.91 bits per heavy atom. The Labute approximate surface area is 148 Å². The summed E-state index contributed by atoms with van der Waals surface area (Å²) in [6.07, 6.45) is 3.60. The molecule has 1 aliphatic heterocycles. The standard InChI is InChI=1S/C14H24Cl3NO3Si/c1-13(2,3)22(4,5)21-9-11-7-6-10(8-20-11)18-12(19)14(15,16)17/h6-7,10-11H,8-9H2,1-5H3,(H,18,19)/t10-,11+/m1/s1. The minimum absolute atomic E-state index is 0.116. The van der Waals surface area contributed by atoms with Gasteiger partial charge in [0.05, 0.1) is 25.4 Å². The normalized spacial score (nSPS) is 23.5. The number of alkyl halides is 3. The van der Waals surface area contributed by atoms with Crippen molar-refractivity contribution >= 4 is 49.0 Å². The Morgan fingerprint density at radius 1 is 1.32 bits per heavy atom. The third kappa shape index (κ3) is 6.02. The first-order valence-corrected chi connectivity index (χ1v) is 11.2. The molecule has 0 aromatic carbocycles. The molecule has 0 radical (unpaired) electrons. The number of rotatable bonds is 4. The summed E-state index contributed by atoms with van der Waals surface area (Å²) in [6.45, 7) is 11.8. The fourth-order valence-electron chi connectivity index (χ4n) is 1.55. The van der Waals surface area contributed by atoms with Gasteiger partial charge in [-0.1, -0.05) is 67.7 Å². The number of ether oxygens (including phenoxy) is 1. The molecule has 0 saturated carbocycles. The van der Waals surface area contributed by atoms with Crippen molar-refractivity contribution in [3.05, 3.63) is 12.2 Å². The summed E-state index contributed by atoms with van der Waals surface area (Å²) in [6, 6.07) is -0.299. The average Bonchev–Trinajstić information content (AvgIpc) is 2.35. The fraction of sp³-hybridized carbons (Fsp3) is 0.786. The van der Waals surface area contributed by atoms with Gasteiger partial charge in [-0.2, -0.15) is 0 Å². The van der Waals surface area contributed by atoms with Crippen molar-refractivity contribution in [2.75, 3.05) is 13.2 Å². The average molecular weight is 389 g/mol. The molecule has 0 aliphatic carbocycles. The number of amides is 1. The molecule has 1 aliphatic rings. The number of hydrogen-bond donors (Lipinski definition) is 1. The lowest BCUT2D eigenvalue weighted by Gasteiger charge is -2.37. The molecular weight excluding hydrogens is 365 g/mol. The zero-order valence-corrected chi connectivity index (χ0v) is 16.9. The zero-order chi connectivity index (χ0) is 17.2. The van der Waals surface area contributed by atoms with Crippen LogP contribution in [0.3, 0.4) is 0 Å². The van der Waals surface area contributed by atoms with E-state index < -0.39 is 18.0 Å². The van der Waals surface area contributed by atoms with Crippen LogP contribution in [0.25, 0.3) is 0 Å². The maximum atomic E-state index is 11.6. The molecule has 2 atom stereocenters. The highest BCUT2D eigenvalue weighted by Gasteiger charge is 2.38. The van der Waals surface area contributed by atoms with Crippen LogP contribution < -0.4 is 5.32 Å². The van der Waals surface area contributed by atoms with Gasteiger partial charge >= 0.3 is 0 Å². The van der Waals surface area contributed by atoms with E-state index in [0.717, 1.165) is 0 Å². The second-order valence-corrected chi connectivity index (χ2v) is 14.0. The Morgan fingerprint density at radius 3 is 2.32 bits per heavy atom. The lowest BCUT2D eigenvalue weighted by atomic mass is 10.2. The summed E-state index contributed by atoms with van der Waals surface area (Å²) in [7, 11) is -1.79. The molecule has 1 N–H and O–H groups in total. The molecule has 22 heavy (non-hydrogen) atoms.